The van der Waals surface area contributed by atoms with Crippen molar-refractivity contribution in [3.63, 3.8) is 0 Å². The minimum atomic E-state index is 0.123. The summed E-state index contributed by atoms with van der Waals surface area (Å²) in [4.78, 5) is 4.54. The van der Waals surface area contributed by atoms with Gasteiger partial charge in [0.2, 0.25) is 0 Å². The average Bonchev–Trinajstić information content (AvgIpc) is 2.48. The number of fused-ring (bicyclic) bond motifs is 1. The summed E-state index contributed by atoms with van der Waals surface area (Å²) in [5.41, 5.74) is 8.95. The Morgan fingerprint density at radius 3 is 2.45 bits per heavy atom. The Labute approximate surface area is 129 Å². The third-order valence-corrected chi connectivity index (χ3v) is 4.71. The van der Waals surface area contributed by atoms with E-state index in [1.807, 2.05) is 24.4 Å². The molecule has 0 aliphatic carbocycles. The van der Waals surface area contributed by atoms with Crippen LogP contribution in [0.4, 0.5) is 11.4 Å². The quantitative estimate of drug-likeness (QED) is 0.759. The van der Waals surface area contributed by atoms with Crippen LogP contribution >= 0.6 is 15.9 Å². The van der Waals surface area contributed by atoms with Gasteiger partial charge in [-0.05, 0) is 53.4 Å². The first kappa shape index (κ1) is 15.1. The molecule has 0 saturated carbocycles. The molecule has 0 amide bonds. The lowest BCUT2D eigenvalue weighted by molar-refractivity contribution is 0.421. The van der Waals surface area contributed by atoms with E-state index in [0.29, 0.717) is 0 Å². The maximum Gasteiger partial charge on any atom is 0.0954 e. The first-order chi connectivity index (χ1) is 9.55. The summed E-state index contributed by atoms with van der Waals surface area (Å²) in [6.45, 7) is 6.68. The highest BCUT2D eigenvalue weighted by Gasteiger charge is 2.24. The largest absolute Gasteiger partial charge is 0.398 e. The zero-order chi connectivity index (χ0) is 14.8. The fourth-order valence-electron chi connectivity index (χ4n) is 2.62. The van der Waals surface area contributed by atoms with Crippen LogP contribution in [-0.2, 0) is 0 Å². The van der Waals surface area contributed by atoms with Crippen LogP contribution in [0.25, 0.3) is 10.9 Å². The van der Waals surface area contributed by atoms with E-state index in [9.17, 15) is 0 Å². The molecule has 0 atom stereocenters. The maximum absolute atomic E-state index is 6.07. The van der Waals surface area contributed by atoms with Crippen molar-refractivity contribution in [2.75, 3.05) is 11.1 Å². The molecule has 20 heavy (non-hydrogen) atoms. The van der Waals surface area contributed by atoms with Gasteiger partial charge in [0.05, 0.1) is 11.2 Å². The number of hydrogen-bond acceptors (Lipinski definition) is 3. The molecule has 3 nitrogen and oxygen atoms in total. The van der Waals surface area contributed by atoms with Crippen LogP contribution in [-0.4, -0.2) is 10.5 Å². The van der Waals surface area contributed by atoms with E-state index < -0.39 is 0 Å². The molecule has 1 aromatic heterocycles. The van der Waals surface area contributed by atoms with Crippen LogP contribution in [0, 0.1) is 0 Å². The Kier molecular flexibility index (Phi) is 4.53. The van der Waals surface area contributed by atoms with Gasteiger partial charge in [0.15, 0.2) is 0 Å². The van der Waals surface area contributed by atoms with Crippen molar-refractivity contribution >= 4 is 38.2 Å². The highest BCUT2D eigenvalue weighted by atomic mass is 79.9. The maximum atomic E-state index is 6.07. The van der Waals surface area contributed by atoms with Crippen molar-refractivity contribution in [2.45, 2.75) is 45.6 Å². The number of halogens is 1. The van der Waals surface area contributed by atoms with Crippen LogP contribution < -0.4 is 11.1 Å². The molecular formula is C16H22BrN3. The Bertz CT molecular complexity index is 598. The Hall–Kier alpha value is -1.29. The van der Waals surface area contributed by atoms with Crippen molar-refractivity contribution in [2.24, 2.45) is 0 Å². The standard InChI is InChI=1S/C16H22BrN3/c1-4-16(5-2,6-3)20-14-8-7-13(18)12-9-11(17)10-19-15(12)14/h7-10,20H,4-6,18H2,1-3H3. The number of nitrogens with one attached hydrogen (secondary N) is 1. The molecule has 0 aliphatic heterocycles. The molecule has 0 radical (unpaired) electrons. The average molecular weight is 336 g/mol. The number of pyridine rings is 1. The van der Waals surface area contributed by atoms with E-state index in [-0.39, 0.29) is 5.54 Å². The first-order valence-corrected chi connectivity index (χ1v) is 7.96. The van der Waals surface area contributed by atoms with Crippen LogP contribution in [0.2, 0.25) is 0 Å². The van der Waals surface area contributed by atoms with E-state index in [4.69, 9.17) is 5.73 Å². The van der Waals surface area contributed by atoms with Gasteiger partial charge in [0.1, 0.15) is 0 Å². The van der Waals surface area contributed by atoms with Crippen LogP contribution in [0.15, 0.2) is 28.9 Å². The van der Waals surface area contributed by atoms with Crippen LogP contribution in [0.1, 0.15) is 40.0 Å². The Morgan fingerprint density at radius 1 is 1.20 bits per heavy atom. The number of hydrogen-bond donors (Lipinski definition) is 2. The summed E-state index contributed by atoms with van der Waals surface area (Å²) in [6, 6.07) is 6.01. The van der Waals surface area contributed by atoms with Crippen molar-refractivity contribution in [3.8, 4) is 0 Å². The fraction of sp³-hybridized carbons (Fsp3) is 0.438. The number of anilines is 2. The lowest BCUT2D eigenvalue weighted by atomic mass is 9.89. The van der Waals surface area contributed by atoms with Gasteiger partial charge in [-0.1, -0.05) is 20.8 Å². The minimum Gasteiger partial charge on any atom is -0.398 e. The second-order valence-corrected chi connectivity index (χ2v) is 6.13. The summed E-state index contributed by atoms with van der Waals surface area (Å²) < 4.78 is 0.946. The number of benzene rings is 1. The van der Waals surface area contributed by atoms with E-state index in [2.05, 4.69) is 47.0 Å². The van der Waals surface area contributed by atoms with Gasteiger partial charge in [-0.2, -0.15) is 0 Å². The molecular weight excluding hydrogens is 314 g/mol. The summed E-state index contributed by atoms with van der Waals surface area (Å²) in [7, 11) is 0. The van der Waals surface area contributed by atoms with Gasteiger partial charge in [0.25, 0.3) is 0 Å². The zero-order valence-corrected chi connectivity index (χ0v) is 13.9. The second-order valence-electron chi connectivity index (χ2n) is 5.22. The van der Waals surface area contributed by atoms with E-state index in [1.165, 1.54) is 0 Å². The molecule has 2 rings (SSSR count). The molecule has 0 aliphatic rings. The number of aromatic nitrogens is 1. The lowest BCUT2D eigenvalue weighted by Gasteiger charge is -2.33. The zero-order valence-electron chi connectivity index (χ0n) is 12.3. The molecule has 3 N–H and O–H groups in total. The highest BCUT2D eigenvalue weighted by Crippen LogP contribution is 2.33. The monoisotopic (exact) mass is 335 g/mol. The smallest absolute Gasteiger partial charge is 0.0954 e. The summed E-state index contributed by atoms with van der Waals surface area (Å²) >= 11 is 3.46. The molecule has 2 aromatic rings. The van der Waals surface area contributed by atoms with Gasteiger partial charge in [-0.25, -0.2) is 0 Å². The molecule has 0 bridgehead atoms. The van der Waals surface area contributed by atoms with Crippen molar-refractivity contribution in [1.82, 2.24) is 4.98 Å². The molecule has 0 saturated heterocycles. The van der Waals surface area contributed by atoms with Crippen molar-refractivity contribution in [1.29, 1.82) is 0 Å². The predicted molar refractivity (Wildman–Crippen MR) is 91.1 cm³/mol. The fourth-order valence-corrected chi connectivity index (χ4v) is 2.95. The van der Waals surface area contributed by atoms with Gasteiger partial charge in [-0.3, -0.25) is 4.98 Å². The van der Waals surface area contributed by atoms with Gasteiger partial charge in [0, 0.05) is 27.3 Å². The lowest BCUT2D eigenvalue weighted by Crippen LogP contribution is -2.36. The van der Waals surface area contributed by atoms with E-state index >= 15 is 0 Å². The summed E-state index contributed by atoms with van der Waals surface area (Å²) in [5.74, 6) is 0. The summed E-state index contributed by atoms with van der Waals surface area (Å²) in [6.07, 6.45) is 5.08. The van der Waals surface area contributed by atoms with Crippen molar-refractivity contribution in [3.05, 3.63) is 28.9 Å². The van der Waals surface area contributed by atoms with Crippen LogP contribution in [0.5, 0.6) is 0 Å². The molecule has 1 aromatic carbocycles. The molecule has 0 spiro atoms. The third kappa shape index (κ3) is 2.75. The predicted octanol–water partition coefficient (Wildman–Crippen LogP) is 4.96. The molecule has 0 fully saturated rings. The van der Waals surface area contributed by atoms with Gasteiger partial charge >= 0.3 is 0 Å². The number of nitrogens with two attached hydrogens (primary N) is 1. The number of rotatable bonds is 5. The Morgan fingerprint density at radius 2 is 1.85 bits per heavy atom. The highest BCUT2D eigenvalue weighted by molar-refractivity contribution is 9.10. The molecule has 4 heteroatoms. The van der Waals surface area contributed by atoms with Crippen LogP contribution in [0.3, 0.4) is 0 Å². The number of nitrogens with zero attached hydrogens (tertiary/aromatic N) is 1. The SMILES string of the molecule is CCC(CC)(CC)Nc1ccc(N)c2cc(Br)cnc12. The minimum absolute atomic E-state index is 0.123. The first-order valence-electron chi connectivity index (χ1n) is 7.17. The number of nitrogen functional groups attached to an aromatic ring is 1. The van der Waals surface area contributed by atoms with E-state index in [1.54, 1.807) is 0 Å². The molecule has 1 heterocycles. The topological polar surface area (TPSA) is 50.9 Å². The van der Waals surface area contributed by atoms with Gasteiger partial charge in [-0.15, -0.1) is 0 Å². The summed E-state index contributed by atoms with van der Waals surface area (Å²) in [5, 5.41) is 4.69. The van der Waals surface area contributed by atoms with Gasteiger partial charge < -0.3 is 11.1 Å². The normalized spacial score (nSPS) is 11.8. The molecule has 0 unspecified atom stereocenters. The molecule has 108 valence electrons. The van der Waals surface area contributed by atoms with Crippen molar-refractivity contribution < 1.29 is 0 Å². The second kappa shape index (κ2) is 6.00. The third-order valence-electron chi connectivity index (χ3n) is 4.28. The Balaban J connectivity index is 2.53. The van der Waals surface area contributed by atoms with E-state index in [0.717, 1.165) is 46.0 Å².